The average molecular weight is 263 g/mol. The monoisotopic (exact) mass is 263 g/mol. The largest absolute Gasteiger partial charge is 0.327 e. The van der Waals surface area contributed by atoms with Crippen LogP contribution in [0.4, 0.5) is 0 Å². The molecule has 1 aromatic carbocycles. The summed E-state index contributed by atoms with van der Waals surface area (Å²) in [5.41, 5.74) is 9.10. The maximum Gasteiger partial charge on any atom is 0.0246 e. The maximum absolute atomic E-state index is 6.36. The van der Waals surface area contributed by atoms with Crippen molar-refractivity contribution >= 4 is 11.8 Å². The number of benzene rings is 1. The molecule has 0 heterocycles. The predicted molar refractivity (Wildman–Crippen MR) is 81.2 cm³/mol. The normalized spacial score (nSPS) is 25.5. The van der Waals surface area contributed by atoms with Gasteiger partial charge in [0, 0.05) is 16.2 Å². The Kier molecular flexibility index (Phi) is 5.13. The van der Waals surface area contributed by atoms with E-state index in [2.05, 4.69) is 32.0 Å². The molecule has 2 N–H and O–H groups in total. The molecule has 0 aliphatic heterocycles. The minimum atomic E-state index is 0.371. The second-order valence-electron chi connectivity index (χ2n) is 5.58. The number of aryl methyl sites for hydroxylation is 2. The van der Waals surface area contributed by atoms with Crippen LogP contribution in [0.3, 0.4) is 0 Å². The molecule has 1 nitrogen and oxygen atoms in total. The molecule has 0 aromatic heterocycles. The van der Waals surface area contributed by atoms with Crippen LogP contribution in [-0.4, -0.2) is 11.3 Å². The van der Waals surface area contributed by atoms with Crippen molar-refractivity contribution in [1.82, 2.24) is 0 Å². The second-order valence-corrected chi connectivity index (χ2v) is 6.86. The van der Waals surface area contributed by atoms with E-state index in [-0.39, 0.29) is 0 Å². The number of nitrogens with two attached hydrogens (primary N) is 1. The number of hydrogen-bond acceptors (Lipinski definition) is 2. The summed E-state index contributed by atoms with van der Waals surface area (Å²) in [5.74, 6) is 0. The molecule has 0 radical (unpaired) electrons. The lowest BCUT2D eigenvalue weighted by Gasteiger charge is -2.26. The van der Waals surface area contributed by atoms with Crippen LogP contribution in [0.1, 0.15) is 49.7 Å². The zero-order chi connectivity index (χ0) is 13.0. The first kappa shape index (κ1) is 14.0. The van der Waals surface area contributed by atoms with Crippen LogP contribution < -0.4 is 5.73 Å². The molecule has 1 fully saturated rings. The molecule has 1 aromatic rings. The topological polar surface area (TPSA) is 26.0 Å². The van der Waals surface area contributed by atoms with E-state index in [1.165, 1.54) is 54.5 Å². The first-order valence-corrected chi connectivity index (χ1v) is 8.04. The fraction of sp³-hybridized carbons (Fsp3) is 0.625. The fourth-order valence-electron chi connectivity index (χ4n) is 2.72. The van der Waals surface area contributed by atoms with Gasteiger partial charge in [0.2, 0.25) is 0 Å². The molecule has 2 rings (SSSR count). The molecule has 1 saturated carbocycles. The van der Waals surface area contributed by atoms with Crippen LogP contribution in [0, 0.1) is 13.8 Å². The van der Waals surface area contributed by atoms with Gasteiger partial charge in [0.15, 0.2) is 0 Å². The fourth-order valence-corrected chi connectivity index (χ4v) is 4.03. The molecular formula is C16H25NS. The third-order valence-electron chi connectivity index (χ3n) is 3.86. The van der Waals surface area contributed by atoms with Gasteiger partial charge in [-0.15, -0.1) is 11.8 Å². The van der Waals surface area contributed by atoms with Crippen molar-refractivity contribution in [1.29, 1.82) is 0 Å². The smallest absolute Gasteiger partial charge is 0.0246 e. The van der Waals surface area contributed by atoms with E-state index >= 15 is 0 Å². The lowest BCUT2D eigenvalue weighted by atomic mass is 9.97. The van der Waals surface area contributed by atoms with Gasteiger partial charge < -0.3 is 5.73 Å². The predicted octanol–water partition coefficient (Wildman–Crippen LogP) is 4.45. The average Bonchev–Trinajstić information content (AvgIpc) is 2.31. The molecule has 18 heavy (non-hydrogen) atoms. The third-order valence-corrected chi connectivity index (χ3v) is 5.46. The summed E-state index contributed by atoms with van der Waals surface area (Å²) in [6.45, 7) is 4.37. The highest BCUT2D eigenvalue weighted by Gasteiger charge is 2.20. The van der Waals surface area contributed by atoms with Crippen LogP contribution >= 0.6 is 11.8 Å². The van der Waals surface area contributed by atoms with E-state index in [9.17, 15) is 0 Å². The Morgan fingerprint density at radius 1 is 1.06 bits per heavy atom. The summed E-state index contributed by atoms with van der Waals surface area (Å²) in [4.78, 5) is 1.42. The zero-order valence-corrected chi connectivity index (χ0v) is 12.4. The lowest BCUT2D eigenvalue weighted by Crippen LogP contribution is -2.33. The van der Waals surface area contributed by atoms with Gasteiger partial charge in [0.05, 0.1) is 0 Å². The van der Waals surface area contributed by atoms with E-state index in [4.69, 9.17) is 5.73 Å². The summed E-state index contributed by atoms with van der Waals surface area (Å²) >= 11 is 2.01. The molecule has 0 saturated heterocycles. The Hall–Kier alpha value is -0.470. The van der Waals surface area contributed by atoms with Gasteiger partial charge in [0.1, 0.15) is 0 Å². The van der Waals surface area contributed by atoms with Gasteiger partial charge >= 0.3 is 0 Å². The van der Waals surface area contributed by atoms with Crippen LogP contribution in [-0.2, 0) is 0 Å². The highest BCUT2D eigenvalue weighted by atomic mass is 32.2. The van der Waals surface area contributed by atoms with Crippen molar-refractivity contribution in [3.05, 3.63) is 29.3 Å². The van der Waals surface area contributed by atoms with Crippen LogP contribution in [0.25, 0.3) is 0 Å². The van der Waals surface area contributed by atoms with E-state index in [1.54, 1.807) is 0 Å². The Balaban J connectivity index is 2.05. The molecule has 2 unspecified atom stereocenters. The Bertz CT molecular complexity index is 389. The summed E-state index contributed by atoms with van der Waals surface area (Å²) in [5, 5.41) is 0.603. The van der Waals surface area contributed by atoms with Crippen molar-refractivity contribution in [2.45, 2.75) is 68.6 Å². The molecule has 100 valence electrons. The van der Waals surface area contributed by atoms with Crippen LogP contribution in [0.5, 0.6) is 0 Å². The van der Waals surface area contributed by atoms with Gasteiger partial charge in [-0.25, -0.2) is 0 Å². The molecule has 0 amide bonds. The van der Waals surface area contributed by atoms with Gasteiger partial charge in [-0.3, -0.25) is 0 Å². The standard InChI is InChI=1S/C16H25NS/c1-12-9-10-15(13(2)11-12)18-16-8-6-4-3-5-7-14(16)17/h9-11,14,16H,3-8,17H2,1-2H3. The first-order chi connectivity index (χ1) is 8.66. The highest BCUT2D eigenvalue weighted by molar-refractivity contribution is 8.00. The molecule has 0 bridgehead atoms. The van der Waals surface area contributed by atoms with Crippen molar-refractivity contribution < 1.29 is 0 Å². The second kappa shape index (κ2) is 6.63. The Morgan fingerprint density at radius 2 is 1.78 bits per heavy atom. The van der Waals surface area contributed by atoms with Crippen molar-refractivity contribution in [3.8, 4) is 0 Å². The molecular weight excluding hydrogens is 238 g/mol. The van der Waals surface area contributed by atoms with Crippen molar-refractivity contribution in [3.63, 3.8) is 0 Å². The van der Waals surface area contributed by atoms with E-state index in [0.29, 0.717) is 11.3 Å². The Labute approximate surface area is 116 Å². The zero-order valence-electron chi connectivity index (χ0n) is 11.6. The van der Waals surface area contributed by atoms with Gasteiger partial charge in [-0.1, -0.05) is 43.4 Å². The molecule has 1 aliphatic carbocycles. The van der Waals surface area contributed by atoms with E-state index in [0.717, 1.165) is 0 Å². The molecule has 1 aliphatic rings. The van der Waals surface area contributed by atoms with Crippen LogP contribution in [0.2, 0.25) is 0 Å². The SMILES string of the molecule is Cc1ccc(SC2CCCCCCC2N)c(C)c1. The molecule has 2 atom stereocenters. The van der Waals surface area contributed by atoms with Gasteiger partial charge in [-0.2, -0.15) is 0 Å². The Morgan fingerprint density at radius 3 is 2.50 bits per heavy atom. The summed E-state index contributed by atoms with van der Waals surface area (Å²) in [7, 11) is 0. The summed E-state index contributed by atoms with van der Waals surface area (Å²) in [6, 6.07) is 7.12. The molecule has 2 heteroatoms. The summed E-state index contributed by atoms with van der Waals surface area (Å²) in [6.07, 6.45) is 7.88. The van der Waals surface area contributed by atoms with E-state index < -0.39 is 0 Å². The minimum Gasteiger partial charge on any atom is -0.327 e. The summed E-state index contributed by atoms with van der Waals surface area (Å²) < 4.78 is 0. The molecule has 0 spiro atoms. The van der Waals surface area contributed by atoms with Crippen LogP contribution in [0.15, 0.2) is 23.1 Å². The first-order valence-electron chi connectivity index (χ1n) is 7.16. The van der Waals surface area contributed by atoms with Gasteiger partial charge in [-0.05, 0) is 38.3 Å². The lowest BCUT2D eigenvalue weighted by molar-refractivity contribution is 0.463. The quantitative estimate of drug-likeness (QED) is 0.853. The van der Waals surface area contributed by atoms with Crippen molar-refractivity contribution in [2.75, 3.05) is 0 Å². The van der Waals surface area contributed by atoms with Crippen molar-refractivity contribution in [2.24, 2.45) is 5.73 Å². The minimum absolute atomic E-state index is 0.371. The number of thioether (sulfide) groups is 1. The third kappa shape index (κ3) is 3.76. The number of rotatable bonds is 2. The highest BCUT2D eigenvalue weighted by Crippen LogP contribution is 2.33. The van der Waals surface area contributed by atoms with Gasteiger partial charge in [0.25, 0.3) is 0 Å². The maximum atomic E-state index is 6.36. The van der Waals surface area contributed by atoms with E-state index in [1.807, 2.05) is 11.8 Å². The number of hydrogen-bond donors (Lipinski definition) is 1.